The van der Waals surface area contributed by atoms with E-state index in [9.17, 15) is 4.79 Å². The lowest BCUT2D eigenvalue weighted by molar-refractivity contribution is 0.0956. The minimum atomic E-state index is -0.359. The van der Waals surface area contributed by atoms with E-state index in [1.165, 1.54) is 6.21 Å². The molecule has 0 aliphatic carbocycles. The average molecular weight is 601 g/mol. The molecule has 4 aromatic carbocycles. The summed E-state index contributed by atoms with van der Waals surface area (Å²) in [4.78, 5) is 18.1. The summed E-state index contributed by atoms with van der Waals surface area (Å²) in [5, 5.41) is 5.59. The Bertz CT molecular complexity index is 1680. The van der Waals surface area contributed by atoms with E-state index in [-0.39, 0.29) is 12.5 Å². The number of halogens is 2. The molecule has 39 heavy (non-hydrogen) atoms. The first-order valence-corrected chi connectivity index (χ1v) is 13.2. The highest BCUT2D eigenvalue weighted by Gasteiger charge is 2.15. The quantitative estimate of drug-likeness (QED) is 0.147. The van der Waals surface area contributed by atoms with Gasteiger partial charge in [0, 0.05) is 31.6 Å². The molecule has 0 bridgehead atoms. The van der Waals surface area contributed by atoms with Gasteiger partial charge in [0.1, 0.15) is 6.61 Å². The van der Waals surface area contributed by atoms with Crippen molar-refractivity contribution in [1.29, 1.82) is 0 Å². The Morgan fingerprint density at radius 1 is 1.00 bits per heavy atom. The summed E-state index contributed by atoms with van der Waals surface area (Å²) in [6.07, 6.45) is 1.52. The van der Waals surface area contributed by atoms with Gasteiger partial charge in [-0.2, -0.15) is 5.10 Å². The Labute approximate surface area is 239 Å². The van der Waals surface area contributed by atoms with E-state index in [2.05, 4.69) is 26.5 Å². The molecular formula is C31H23BrClN3O3. The van der Waals surface area contributed by atoms with Crippen LogP contribution in [-0.2, 0) is 6.61 Å². The molecule has 0 saturated heterocycles. The van der Waals surface area contributed by atoms with Crippen LogP contribution in [0.1, 0.15) is 21.5 Å². The zero-order valence-corrected chi connectivity index (χ0v) is 23.2. The highest BCUT2D eigenvalue weighted by molar-refractivity contribution is 9.10. The largest absolute Gasteiger partial charge is 0.493 e. The van der Waals surface area contributed by atoms with Crippen LogP contribution < -0.4 is 14.9 Å². The van der Waals surface area contributed by atoms with E-state index in [0.717, 1.165) is 26.5 Å². The number of carbonyl (C=O) groups is 1. The van der Waals surface area contributed by atoms with Crippen molar-refractivity contribution in [3.8, 4) is 22.8 Å². The number of nitrogens with zero attached hydrogens (tertiary/aromatic N) is 2. The molecule has 0 spiro atoms. The number of methoxy groups -OCH3 is 1. The standard InChI is InChI=1S/C31H23BrClN3O3/c1-38-29-16-23(32)15-22(30(29)39-19-21-11-5-7-13-26(21)33)18-34-36-31(37)25-17-28(20-9-3-2-4-10-20)35-27-14-8-6-12-24(25)27/h2-18H,19H2,1H3,(H,36,37)/b34-18-. The number of fused-ring (bicyclic) bond motifs is 1. The molecule has 6 nitrogen and oxygen atoms in total. The van der Waals surface area contributed by atoms with E-state index in [4.69, 9.17) is 26.1 Å². The van der Waals surface area contributed by atoms with E-state index < -0.39 is 0 Å². The van der Waals surface area contributed by atoms with Gasteiger partial charge in [-0.3, -0.25) is 4.79 Å². The van der Waals surface area contributed by atoms with Crippen LogP contribution in [0, 0.1) is 0 Å². The van der Waals surface area contributed by atoms with Crippen molar-refractivity contribution in [3.63, 3.8) is 0 Å². The van der Waals surface area contributed by atoms with Crippen LogP contribution in [0.25, 0.3) is 22.2 Å². The van der Waals surface area contributed by atoms with E-state index >= 15 is 0 Å². The second-order valence-electron chi connectivity index (χ2n) is 8.54. The molecule has 0 saturated carbocycles. The van der Waals surface area contributed by atoms with Gasteiger partial charge in [-0.1, -0.05) is 94.3 Å². The first-order chi connectivity index (χ1) is 19.0. The fraction of sp³-hybridized carbons (Fsp3) is 0.0645. The molecule has 5 aromatic rings. The highest BCUT2D eigenvalue weighted by atomic mass is 79.9. The summed E-state index contributed by atoms with van der Waals surface area (Å²) in [7, 11) is 1.56. The fourth-order valence-corrected chi connectivity index (χ4v) is 4.74. The van der Waals surface area contributed by atoms with Crippen LogP contribution in [0.5, 0.6) is 11.5 Å². The lowest BCUT2D eigenvalue weighted by Crippen LogP contribution is -2.18. The Morgan fingerprint density at radius 2 is 1.74 bits per heavy atom. The highest BCUT2D eigenvalue weighted by Crippen LogP contribution is 2.35. The number of nitrogens with one attached hydrogen (secondary N) is 1. The second kappa shape index (κ2) is 12.1. The summed E-state index contributed by atoms with van der Waals surface area (Å²) in [6.45, 7) is 0.232. The zero-order valence-electron chi connectivity index (χ0n) is 20.9. The van der Waals surface area contributed by atoms with Crippen molar-refractivity contribution in [2.24, 2.45) is 5.10 Å². The van der Waals surface area contributed by atoms with Gasteiger partial charge in [-0.05, 0) is 30.3 Å². The van der Waals surface area contributed by atoms with Crippen LogP contribution in [0.3, 0.4) is 0 Å². The first kappa shape index (κ1) is 26.4. The smallest absolute Gasteiger partial charge is 0.272 e. The average Bonchev–Trinajstić information content (AvgIpc) is 2.97. The Kier molecular flexibility index (Phi) is 8.20. The lowest BCUT2D eigenvalue weighted by Gasteiger charge is -2.14. The molecule has 1 heterocycles. The monoisotopic (exact) mass is 599 g/mol. The van der Waals surface area contributed by atoms with Crippen LogP contribution in [0.2, 0.25) is 5.02 Å². The molecular weight excluding hydrogens is 578 g/mol. The van der Waals surface area contributed by atoms with Gasteiger partial charge >= 0.3 is 0 Å². The van der Waals surface area contributed by atoms with Crippen LogP contribution in [0.4, 0.5) is 0 Å². The lowest BCUT2D eigenvalue weighted by atomic mass is 10.0. The Balaban J connectivity index is 1.43. The third-order valence-corrected chi connectivity index (χ3v) is 6.82. The summed E-state index contributed by atoms with van der Waals surface area (Å²) >= 11 is 9.80. The van der Waals surface area contributed by atoms with Gasteiger partial charge in [0.15, 0.2) is 11.5 Å². The number of hydrogen-bond donors (Lipinski definition) is 1. The van der Waals surface area contributed by atoms with Gasteiger partial charge in [0.2, 0.25) is 0 Å². The maximum absolute atomic E-state index is 13.3. The van der Waals surface area contributed by atoms with E-state index in [1.807, 2.05) is 84.9 Å². The van der Waals surface area contributed by atoms with Gasteiger partial charge in [-0.15, -0.1) is 0 Å². The summed E-state index contributed by atoms with van der Waals surface area (Å²) in [5.74, 6) is 0.624. The number of hydrogen-bond acceptors (Lipinski definition) is 5. The number of pyridine rings is 1. The van der Waals surface area contributed by atoms with Crippen LogP contribution >= 0.6 is 27.5 Å². The number of aromatic nitrogens is 1. The molecule has 194 valence electrons. The SMILES string of the molecule is COc1cc(Br)cc(/C=N\NC(=O)c2cc(-c3ccccc3)nc3ccccc23)c1OCc1ccccc1Cl. The van der Waals surface area contributed by atoms with Crippen molar-refractivity contribution in [3.05, 3.63) is 123 Å². The molecule has 0 atom stereocenters. The fourth-order valence-electron chi connectivity index (χ4n) is 4.10. The van der Waals surface area contributed by atoms with Gasteiger partial charge < -0.3 is 9.47 Å². The number of benzene rings is 4. The molecule has 0 aliphatic heterocycles. The molecule has 1 N–H and O–H groups in total. The number of carbonyl (C=O) groups excluding carboxylic acids is 1. The minimum Gasteiger partial charge on any atom is -0.493 e. The number of ether oxygens (including phenoxy) is 2. The van der Waals surface area contributed by atoms with Gasteiger partial charge in [0.05, 0.1) is 30.1 Å². The summed E-state index contributed by atoms with van der Waals surface area (Å²) in [5.41, 5.74) is 6.91. The molecule has 1 aromatic heterocycles. The van der Waals surface area contributed by atoms with Crippen molar-refractivity contribution < 1.29 is 14.3 Å². The summed E-state index contributed by atoms with van der Waals surface area (Å²) in [6, 6.07) is 30.1. The van der Waals surface area contributed by atoms with Crippen molar-refractivity contribution in [2.45, 2.75) is 6.61 Å². The van der Waals surface area contributed by atoms with Crippen molar-refractivity contribution in [1.82, 2.24) is 10.4 Å². The third-order valence-electron chi connectivity index (χ3n) is 6.00. The topological polar surface area (TPSA) is 72.8 Å². The van der Waals surface area contributed by atoms with Gasteiger partial charge in [-0.25, -0.2) is 10.4 Å². The van der Waals surface area contributed by atoms with E-state index in [0.29, 0.717) is 33.3 Å². The van der Waals surface area contributed by atoms with Crippen molar-refractivity contribution >= 4 is 50.6 Å². The minimum absolute atomic E-state index is 0.232. The molecule has 0 radical (unpaired) electrons. The van der Waals surface area contributed by atoms with Gasteiger partial charge in [0.25, 0.3) is 5.91 Å². The predicted octanol–water partition coefficient (Wildman–Crippen LogP) is 7.67. The Hall–Kier alpha value is -4.20. The second-order valence-corrected chi connectivity index (χ2v) is 9.87. The maximum atomic E-state index is 13.3. The first-order valence-electron chi connectivity index (χ1n) is 12.1. The summed E-state index contributed by atoms with van der Waals surface area (Å²) < 4.78 is 12.4. The molecule has 0 unspecified atom stereocenters. The van der Waals surface area contributed by atoms with Crippen molar-refractivity contribution in [2.75, 3.05) is 7.11 Å². The number of rotatable bonds is 8. The number of para-hydroxylation sites is 1. The molecule has 0 fully saturated rings. The zero-order chi connectivity index (χ0) is 27.2. The van der Waals surface area contributed by atoms with Crippen LogP contribution in [0.15, 0.2) is 107 Å². The predicted molar refractivity (Wildman–Crippen MR) is 159 cm³/mol. The molecule has 1 amide bonds. The number of hydrazone groups is 1. The molecule has 0 aliphatic rings. The maximum Gasteiger partial charge on any atom is 0.272 e. The Morgan fingerprint density at radius 3 is 2.54 bits per heavy atom. The molecule has 8 heteroatoms. The van der Waals surface area contributed by atoms with Crippen LogP contribution in [-0.4, -0.2) is 24.2 Å². The number of amides is 1. The third kappa shape index (κ3) is 6.11. The molecule has 5 rings (SSSR count). The normalized spacial score (nSPS) is 11.1. The van der Waals surface area contributed by atoms with E-state index in [1.54, 1.807) is 19.2 Å².